The quantitative estimate of drug-likeness (QED) is 0.259. The molecule has 12 nitrogen and oxygen atoms in total. The molecule has 2 N–H and O–H groups in total. The lowest BCUT2D eigenvalue weighted by atomic mass is 10.0. The van der Waals surface area contributed by atoms with E-state index in [0.717, 1.165) is 32.6 Å². The smallest absolute Gasteiger partial charge is 0.325 e. The fraction of sp³-hybridized carbons (Fsp3) is 0.320. The molecule has 0 aliphatic carbocycles. The van der Waals surface area contributed by atoms with Crippen LogP contribution in [-0.2, 0) is 25.7 Å². The molecule has 1 amide bonds. The highest BCUT2D eigenvalue weighted by Gasteiger charge is 2.35. The van der Waals surface area contributed by atoms with Gasteiger partial charge in [0.2, 0.25) is 6.79 Å². The molecule has 41 heavy (non-hydrogen) atoms. The predicted molar refractivity (Wildman–Crippen MR) is 156 cm³/mol. The summed E-state index contributed by atoms with van der Waals surface area (Å²) < 4.78 is 17.4. The number of esters is 1. The number of thiocarbonyl (C=S) groups is 1. The van der Waals surface area contributed by atoms with Crippen molar-refractivity contribution >= 4 is 85.9 Å². The lowest BCUT2D eigenvalue weighted by Gasteiger charge is -2.23. The lowest BCUT2D eigenvalue weighted by Crippen LogP contribution is -2.35. The molecule has 3 aliphatic rings. The number of carbonyl (C=O) groups is 3. The van der Waals surface area contributed by atoms with Crippen LogP contribution in [0.2, 0.25) is 0 Å². The number of benzene rings is 1. The van der Waals surface area contributed by atoms with Crippen LogP contribution in [0.25, 0.3) is 11.0 Å². The third-order valence-corrected chi connectivity index (χ3v) is 9.89. The Kier molecular flexibility index (Phi) is 8.20. The van der Waals surface area contributed by atoms with E-state index < -0.39 is 29.9 Å². The minimum atomic E-state index is -1.28. The number of hydrogen-bond acceptors (Lipinski definition) is 13. The number of thiazole rings is 1. The summed E-state index contributed by atoms with van der Waals surface area (Å²) in [7, 11) is 0. The first-order valence-electron chi connectivity index (χ1n) is 12.2. The second-order valence-corrected chi connectivity index (χ2v) is 12.8. The van der Waals surface area contributed by atoms with Crippen LogP contribution < -0.4 is 29.1 Å². The zero-order chi connectivity index (χ0) is 29.6. The van der Waals surface area contributed by atoms with Crippen molar-refractivity contribution in [3.05, 3.63) is 42.3 Å². The van der Waals surface area contributed by atoms with E-state index in [0.29, 0.717) is 32.9 Å². The van der Waals surface area contributed by atoms with Gasteiger partial charge in [-0.25, -0.2) is 0 Å². The molecule has 0 atom stereocenters. The van der Waals surface area contributed by atoms with Crippen LogP contribution in [0.15, 0.2) is 32.4 Å². The molecule has 0 unspecified atom stereocenters. The molecule has 0 radical (unpaired) electrons. The molecule has 2 aromatic rings. The molecular formula is C25H23N3O9S4. The van der Waals surface area contributed by atoms with E-state index in [2.05, 4.69) is 0 Å². The molecular weight excluding hydrogens is 615 g/mol. The van der Waals surface area contributed by atoms with Crippen molar-refractivity contribution in [2.75, 3.05) is 24.8 Å². The highest BCUT2D eigenvalue weighted by Crippen LogP contribution is 2.52. The Morgan fingerprint density at radius 1 is 1.17 bits per heavy atom. The molecule has 0 saturated carbocycles. The van der Waals surface area contributed by atoms with Crippen molar-refractivity contribution in [2.24, 2.45) is 5.92 Å². The number of thioether (sulfide) groups is 2. The van der Waals surface area contributed by atoms with Gasteiger partial charge in [-0.1, -0.05) is 25.6 Å². The Hall–Kier alpha value is -3.31. The first-order valence-corrected chi connectivity index (χ1v) is 15.1. The van der Waals surface area contributed by atoms with E-state index in [4.69, 9.17) is 26.4 Å². The van der Waals surface area contributed by atoms with Crippen molar-refractivity contribution in [1.29, 1.82) is 0 Å². The molecule has 0 spiro atoms. The number of carboxylic acids is 1. The number of aromatic nitrogens is 1. The van der Waals surface area contributed by atoms with Crippen LogP contribution in [0.1, 0.15) is 20.8 Å². The monoisotopic (exact) mass is 637 g/mol. The number of carboxylic acid groups (broad SMARTS) is 1. The number of fused-ring (bicyclic) bond motifs is 2. The maximum atomic E-state index is 13.5. The van der Waals surface area contributed by atoms with Gasteiger partial charge in [-0.2, -0.15) is 5.06 Å². The number of nitrogens with zero attached hydrogens (tertiary/aromatic N) is 3. The molecule has 1 saturated heterocycles. The second kappa shape index (κ2) is 11.5. The van der Waals surface area contributed by atoms with Crippen molar-refractivity contribution < 1.29 is 38.9 Å². The van der Waals surface area contributed by atoms with E-state index in [9.17, 15) is 29.5 Å². The van der Waals surface area contributed by atoms with Crippen molar-refractivity contribution in [2.45, 2.75) is 32.2 Å². The zero-order valence-electron chi connectivity index (χ0n) is 21.9. The number of aliphatic carboxylic acids is 1. The van der Waals surface area contributed by atoms with Gasteiger partial charge in [-0.15, -0.1) is 11.3 Å². The van der Waals surface area contributed by atoms with Gasteiger partial charge in [-0.3, -0.25) is 29.0 Å². The third kappa shape index (κ3) is 5.49. The molecule has 4 heterocycles. The van der Waals surface area contributed by atoms with Gasteiger partial charge in [0.25, 0.3) is 11.5 Å². The Labute approximate surface area is 250 Å². The van der Waals surface area contributed by atoms with Crippen LogP contribution in [0.4, 0.5) is 5.69 Å². The maximum absolute atomic E-state index is 13.5. The van der Waals surface area contributed by atoms with E-state index in [1.54, 1.807) is 24.0 Å². The van der Waals surface area contributed by atoms with E-state index >= 15 is 0 Å². The fourth-order valence-electron chi connectivity index (χ4n) is 4.25. The van der Waals surface area contributed by atoms with Gasteiger partial charge >= 0.3 is 11.9 Å². The standard InChI is InChI=1S/C25H23N3O9S4/c1-4-35-19(31)9-26-13-6-14-15(37-10-36-14)7-16(13)39-23(26)12(11(2)3)5-17-21(32)27(8-18(29)30)24(40-17)20-22(33)28(34)25(38)41-20/h5-7,11,34H,4,8-10H2,1-3H3,(H,29,30)/b17-5+,23-12+,24-20-. The van der Waals surface area contributed by atoms with Gasteiger partial charge in [0, 0.05) is 17.0 Å². The number of hydrogen-bond donors (Lipinski definition) is 2. The van der Waals surface area contributed by atoms with Crippen LogP contribution in [-0.4, -0.2) is 62.1 Å². The SMILES string of the molecule is CCOC(=O)CN1/C(=C(/C=c2/s/c(=C3\SC(=S)N(O)C3=O)n(CC(=O)O)c2=O)C(C)C)Sc2cc3c(cc21)OCO3. The Morgan fingerprint density at radius 3 is 2.49 bits per heavy atom. The first-order chi connectivity index (χ1) is 19.5. The normalized spacial score (nSPS) is 19.0. The molecule has 1 aromatic carbocycles. The minimum Gasteiger partial charge on any atom is -0.480 e. The highest BCUT2D eigenvalue weighted by molar-refractivity contribution is 8.30. The summed E-state index contributed by atoms with van der Waals surface area (Å²) in [5.74, 6) is -1.59. The average molecular weight is 638 g/mol. The average Bonchev–Trinajstić information content (AvgIpc) is 3.64. The number of carbonyl (C=O) groups excluding carboxylic acids is 2. The predicted octanol–water partition coefficient (Wildman–Crippen LogP) is 1.90. The van der Waals surface area contributed by atoms with Gasteiger partial charge < -0.3 is 24.2 Å². The van der Waals surface area contributed by atoms with Gasteiger partial charge in [0.1, 0.15) is 22.7 Å². The van der Waals surface area contributed by atoms with Crippen LogP contribution >= 0.6 is 47.1 Å². The molecule has 5 rings (SSSR count). The number of allylic oxidation sites excluding steroid dienone is 1. The molecule has 1 aromatic heterocycles. The van der Waals surface area contributed by atoms with Crippen LogP contribution in [0, 0.1) is 5.92 Å². The summed E-state index contributed by atoms with van der Waals surface area (Å²) in [6, 6.07) is 3.62. The van der Waals surface area contributed by atoms with Crippen LogP contribution in [0.3, 0.4) is 0 Å². The Bertz CT molecular complexity index is 1710. The number of ether oxygens (including phenoxy) is 3. The van der Waals surface area contributed by atoms with Crippen molar-refractivity contribution in [1.82, 2.24) is 9.63 Å². The summed E-state index contributed by atoms with van der Waals surface area (Å²) in [6.07, 6.45) is 1.65. The first kappa shape index (κ1) is 29.2. The lowest BCUT2D eigenvalue weighted by molar-refractivity contribution is -0.141. The molecule has 0 bridgehead atoms. The number of hydroxylamine groups is 2. The number of rotatable bonds is 7. The maximum Gasteiger partial charge on any atom is 0.325 e. The number of anilines is 1. The van der Waals surface area contributed by atoms with Gasteiger partial charge in [0.15, 0.2) is 15.8 Å². The van der Waals surface area contributed by atoms with Crippen molar-refractivity contribution in [3.63, 3.8) is 0 Å². The Balaban J connectivity index is 1.72. The van der Waals surface area contributed by atoms with Crippen LogP contribution in [0.5, 0.6) is 11.5 Å². The molecule has 16 heteroatoms. The summed E-state index contributed by atoms with van der Waals surface area (Å²) >= 11 is 8.09. The Morgan fingerprint density at radius 2 is 1.88 bits per heavy atom. The molecule has 3 aliphatic heterocycles. The van der Waals surface area contributed by atoms with E-state index in [1.807, 2.05) is 19.9 Å². The molecule has 216 valence electrons. The van der Waals surface area contributed by atoms with Gasteiger partial charge in [-0.05, 0) is 48.5 Å². The molecule has 1 fully saturated rings. The summed E-state index contributed by atoms with van der Waals surface area (Å²) in [5.41, 5.74) is 0.788. The van der Waals surface area contributed by atoms with Gasteiger partial charge in [0.05, 0.1) is 21.9 Å². The summed E-state index contributed by atoms with van der Waals surface area (Å²) in [5, 5.41) is 20.4. The van der Waals surface area contributed by atoms with E-state index in [-0.39, 0.29) is 44.3 Å². The van der Waals surface area contributed by atoms with E-state index in [1.165, 1.54) is 11.8 Å². The summed E-state index contributed by atoms with van der Waals surface area (Å²) in [4.78, 5) is 52.9. The highest BCUT2D eigenvalue weighted by atomic mass is 32.2. The van der Waals surface area contributed by atoms with Crippen molar-refractivity contribution in [3.8, 4) is 11.5 Å². The third-order valence-electron chi connectivity index (χ3n) is 6.09. The fourth-order valence-corrected chi connectivity index (χ4v) is 7.91. The minimum absolute atomic E-state index is 0.0413. The second-order valence-electron chi connectivity index (χ2n) is 9.10. The zero-order valence-corrected chi connectivity index (χ0v) is 25.1. The largest absolute Gasteiger partial charge is 0.480 e. The number of amides is 1. The summed E-state index contributed by atoms with van der Waals surface area (Å²) in [6.45, 7) is 5.08. The topological polar surface area (TPSA) is 148 Å².